The average molecular weight is 214 g/mol. The molecule has 0 saturated carbocycles. The van der Waals surface area contributed by atoms with Gasteiger partial charge in [-0.2, -0.15) is 4.98 Å². The molecule has 2 N–H and O–H groups in total. The first-order valence-corrected chi connectivity index (χ1v) is 4.58. The number of anilines is 1. The molecule has 0 spiro atoms. The van der Waals surface area contributed by atoms with Gasteiger partial charge in [0.2, 0.25) is 5.28 Å². The summed E-state index contributed by atoms with van der Waals surface area (Å²) in [5, 5.41) is 0.0975. The molecule has 0 amide bonds. The molecular formula is C7H4ClN3OS. The SMILES string of the molecule is Nc1nc(Cl)nc2cc(C=O)sc12. The van der Waals surface area contributed by atoms with Crippen molar-refractivity contribution in [1.82, 2.24) is 9.97 Å². The van der Waals surface area contributed by atoms with Gasteiger partial charge in [0.05, 0.1) is 15.1 Å². The summed E-state index contributed by atoms with van der Waals surface area (Å²) < 4.78 is 0.700. The Morgan fingerprint density at radius 3 is 3.00 bits per heavy atom. The molecule has 0 fully saturated rings. The number of carbonyl (C=O) groups is 1. The van der Waals surface area contributed by atoms with Crippen LogP contribution in [0, 0.1) is 0 Å². The monoisotopic (exact) mass is 213 g/mol. The van der Waals surface area contributed by atoms with Crippen molar-refractivity contribution in [3.05, 3.63) is 16.2 Å². The first-order valence-electron chi connectivity index (χ1n) is 3.38. The number of carbonyl (C=O) groups excluding carboxylic acids is 1. The van der Waals surface area contributed by atoms with Gasteiger partial charge in [0.1, 0.15) is 5.82 Å². The van der Waals surface area contributed by atoms with Gasteiger partial charge in [0.25, 0.3) is 0 Å². The molecule has 0 aliphatic carbocycles. The molecule has 2 rings (SSSR count). The molecule has 2 heterocycles. The van der Waals surface area contributed by atoms with Gasteiger partial charge in [-0.05, 0) is 17.7 Å². The third kappa shape index (κ3) is 1.36. The van der Waals surface area contributed by atoms with E-state index in [1.807, 2.05) is 0 Å². The van der Waals surface area contributed by atoms with E-state index in [0.717, 1.165) is 6.29 Å². The fraction of sp³-hybridized carbons (Fsp3) is 0. The maximum Gasteiger partial charge on any atom is 0.224 e. The van der Waals surface area contributed by atoms with Crippen LogP contribution in [0.4, 0.5) is 5.82 Å². The highest BCUT2D eigenvalue weighted by Crippen LogP contribution is 2.27. The smallest absolute Gasteiger partial charge is 0.224 e. The number of hydrogen-bond donors (Lipinski definition) is 1. The number of halogens is 1. The minimum atomic E-state index is 0.0975. The molecule has 4 nitrogen and oxygen atoms in total. The Hall–Kier alpha value is -1.20. The van der Waals surface area contributed by atoms with E-state index in [2.05, 4.69) is 9.97 Å². The molecule has 0 radical (unpaired) electrons. The number of nitrogens with zero attached hydrogens (tertiary/aromatic N) is 2. The predicted octanol–water partition coefficient (Wildman–Crippen LogP) is 1.74. The Kier molecular flexibility index (Phi) is 1.90. The topological polar surface area (TPSA) is 68.9 Å². The van der Waals surface area contributed by atoms with E-state index in [1.165, 1.54) is 11.3 Å². The first-order chi connectivity index (χ1) is 6.20. The Morgan fingerprint density at radius 2 is 2.31 bits per heavy atom. The Balaban J connectivity index is 2.82. The molecule has 0 unspecified atom stereocenters. The van der Waals surface area contributed by atoms with Crippen molar-refractivity contribution < 1.29 is 4.79 Å². The quantitative estimate of drug-likeness (QED) is 0.579. The highest BCUT2D eigenvalue weighted by atomic mass is 35.5. The molecule has 0 aliphatic rings. The van der Waals surface area contributed by atoms with Crippen LogP contribution in [0.1, 0.15) is 9.67 Å². The lowest BCUT2D eigenvalue weighted by molar-refractivity contribution is 0.112. The van der Waals surface area contributed by atoms with Gasteiger partial charge in [0.15, 0.2) is 6.29 Å². The lowest BCUT2D eigenvalue weighted by atomic mass is 10.4. The molecule has 66 valence electrons. The fourth-order valence-corrected chi connectivity index (χ4v) is 1.99. The van der Waals surface area contributed by atoms with Crippen LogP contribution in [-0.4, -0.2) is 16.3 Å². The number of aldehydes is 1. The van der Waals surface area contributed by atoms with Crippen LogP contribution < -0.4 is 5.73 Å². The predicted molar refractivity (Wildman–Crippen MR) is 52.2 cm³/mol. The molecule has 0 aliphatic heterocycles. The zero-order valence-electron chi connectivity index (χ0n) is 6.32. The summed E-state index contributed by atoms with van der Waals surface area (Å²) in [6.45, 7) is 0. The van der Waals surface area contributed by atoms with E-state index < -0.39 is 0 Å². The summed E-state index contributed by atoms with van der Waals surface area (Å²) in [5.74, 6) is 0.313. The highest BCUT2D eigenvalue weighted by Gasteiger charge is 2.07. The van der Waals surface area contributed by atoms with Crippen LogP contribution >= 0.6 is 22.9 Å². The van der Waals surface area contributed by atoms with Crippen molar-refractivity contribution in [3.63, 3.8) is 0 Å². The normalized spacial score (nSPS) is 10.5. The number of nitrogens with two attached hydrogens (primary N) is 1. The van der Waals surface area contributed by atoms with Crippen molar-refractivity contribution in [2.75, 3.05) is 5.73 Å². The van der Waals surface area contributed by atoms with Gasteiger partial charge < -0.3 is 5.73 Å². The number of thiophene rings is 1. The van der Waals surface area contributed by atoms with E-state index in [9.17, 15) is 4.79 Å². The van der Waals surface area contributed by atoms with Gasteiger partial charge in [-0.15, -0.1) is 11.3 Å². The number of fused-ring (bicyclic) bond motifs is 1. The van der Waals surface area contributed by atoms with Crippen LogP contribution in [0.5, 0.6) is 0 Å². The van der Waals surface area contributed by atoms with E-state index in [4.69, 9.17) is 17.3 Å². The van der Waals surface area contributed by atoms with Gasteiger partial charge in [0, 0.05) is 0 Å². The number of hydrogen-bond acceptors (Lipinski definition) is 5. The lowest BCUT2D eigenvalue weighted by Gasteiger charge is -1.93. The van der Waals surface area contributed by atoms with Gasteiger partial charge in [-0.1, -0.05) is 0 Å². The zero-order valence-corrected chi connectivity index (χ0v) is 7.89. The van der Waals surface area contributed by atoms with Crippen molar-refractivity contribution in [2.45, 2.75) is 0 Å². The minimum absolute atomic E-state index is 0.0975. The highest BCUT2D eigenvalue weighted by molar-refractivity contribution is 7.21. The second kappa shape index (κ2) is 2.93. The number of nitrogen functional groups attached to an aromatic ring is 1. The van der Waals surface area contributed by atoms with Crippen LogP contribution in [0.25, 0.3) is 10.2 Å². The largest absolute Gasteiger partial charge is 0.382 e. The molecule has 6 heteroatoms. The number of rotatable bonds is 1. The van der Waals surface area contributed by atoms with Crippen LogP contribution in [0.2, 0.25) is 5.28 Å². The summed E-state index contributed by atoms with van der Waals surface area (Å²) in [6.07, 6.45) is 0.750. The molecule has 0 saturated heterocycles. The second-order valence-electron chi connectivity index (χ2n) is 2.36. The summed E-state index contributed by atoms with van der Waals surface area (Å²) in [6, 6.07) is 1.64. The number of aromatic nitrogens is 2. The summed E-state index contributed by atoms with van der Waals surface area (Å²) in [5.41, 5.74) is 6.20. The molecule has 2 aromatic heterocycles. The van der Waals surface area contributed by atoms with Gasteiger partial charge >= 0.3 is 0 Å². The third-order valence-corrected chi connectivity index (χ3v) is 2.75. The first kappa shape index (κ1) is 8.40. The van der Waals surface area contributed by atoms with Crippen molar-refractivity contribution in [3.8, 4) is 0 Å². The fourth-order valence-electron chi connectivity index (χ4n) is 0.999. The van der Waals surface area contributed by atoms with E-state index in [1.54, 1.807) is 6.07 Å². The Labute approximate surface area is 82.4 Å². The molecule has 13 heavy (non-hydrogen) atoms. The van der Waals surface area contributed by atoms with E-state index in [-0.39, 0.29) is 5.28 Å². The van der Waals surface area contributed by atoms with E-state index in [0.29, 0.717) is 20.9 Å². The minimum Gasteiger partial charge on any atom is -0.382 e. The van der Waals surface area contributed by atoms with Crippen molar-refractivity contribution >= 4 is 45.3 Å². The van der Waals surface area contributed by atoms with Crippen molar-refractivity contribution in [1.29, 1.82) is 0 Å². The molecular weight excluding hydrogens is 210 g/mol. The van der Waals surface area contributed by atoms with Gasteiger partial charge in [-0.3, -0.25) is 4.79 Å². The van der Waals surface area contributed by atoms with Crippen molar-refractivity contribution in [2.24, 2.45) is 0 Å². The summed E-state index contributed by atoms with van der Waals surface area (Å²) in [4.78, 5) is 18.7. The van der Waals surface area contributed by atoms with Crippen LogP contribution in [0.3, 0.4) is 0 Å². The van der Waals surface area contributed by atoms with E-state index >= 15 is 0 Å². The maximum absolute atomic E-state index is 10.5. The molecule has 0 aromatic carbocycles. The zero-order chi connectivity index (χ0) is 9.42. The standard InChI is InChI=1S/C7H4ClN3OS/c8-7-10-4-1-3(2-12)13-5(4)6(9)11-7/h1-2H,(H2,9,10,11). The van der Waals surface area contributed by atoms with Gasteiger partial charge in [-0.25, -0.2) is 4.98 Å². The lowest BCUT2D eigenvalue weighted by Crippen LogP contribution is -1.91. The molecule has 2 aromatic rings. The summed E-state index contributed by atoms with van der Waals surface area (Å²) in [7, 11) is 0. The van der Waals surface area contributed by atoms with Crippen LogP contribution in [-0.2, 0) is 0 Å². The summed E-state index contributed by atoms with van der Waals surface area (Å²) >= 11 is 6.85. The molecule has 0 bridgehead atoms. The van der Waals surface area contributed by atoms with Crippen LogP contribution in [0.15, 0.2) is 6.07 Å². The maximum atomic E-state index is 10.5. The second-order valence-corrected chi connectivity index (χ2v) is 3.78. The molecule has 0 atom stereocenters. The third-order valence-electron chi connectivity index (χ3n) is 1.51. The Morgan fingerprint density at radius 1 is 1.54 bits per heavy atom. The Bertz CT molecular complexity index is 482. The average Bonchev–Trinajstić information content (AvgIpc) is 2.47.